The van der Waals surface area contributed by atoms with E-state index in [0.29, 0.717) is 5.75 Å². The van der Waals surface area contributed by atoms with Gasteiger partial charge in [-0.25, -0.2) is 4.79 Å². The number of allylic oxidation sites excluding steroid dienone is 1. The van der Waals surface area contributed by atoms with Crippen molar-refractivity contribution >= 4 is 17.3 Å². The third-order valence-electron chi connectivity index (χ3n) is 3.00. The third-order valence-corrected chi connectivity index (χ3v) is 4.20. The molecule has 3 heteroatoms. The summed E-state index contributed by atoms with van der Waals surface area (Å²) in [6, 6.07) is 12.0. The lowest BCUT2D eigenvalue weighted by molar-refractivity contribution is -0.129. The lowest BCUT2D eigenvalue weighted by atomic mass is 10.2. The molecule has 0 aliphatic rings. The fourth-order valence-corrected chi connectivity index (χ4v) is 3.08. The minimum atomic E-state index is -0.328. The topological polar surface area (TPSA) is 26.3 Å². The van der Waals surface area contributed by atoms with Gasteiger partial charge in [0.25, 0.3) is 0 Å². The van der Waals surface area contributed by atoms with Crippen LogP contribution >= 0.6 is 11.3 Å². The van der Waals surface area contributed by atoms with E-state index in [9.17, 15) is 4.79 Å². The molecule has 2 nitrogen and oxygen atoms in total. The van der Waals surface area contributed by atoms with Gasteiger partial charge in [0.15, 0.2) is 0 Å². The molecule has 0 saturated carbocycles. The summed E-state index contributed by atoms with van der Waals surface area (Å²) in [5.74, 6) is 0.251. The van der Waals surface area contributed by atoms with Gasteiger partial charge in [-0.3, -0.25) is 0 Å². The Bertz CT molecular complexity index is 608. The summed E-state index contributed by atoms with van der Waals surface area (Å²) in [5.41, 5.74) is 1.16. The highest BCUT2D eigenvalue weighted by Crippen LogP contribution is 2.30. The first kappa shape index (κ1) is 15.5. The van der Waals surface area contributed by atoms with Crippen molar-refractivity contribution in [2.75, 3.05) is 0 Å². The van der Waals surface area contributed by atoms with Gasteiger partial charge in [0.05, 0.1) is 0 Å². The van der Waals surface area contributed by atoms with Gasteiger partial charge in [-0.15, -0.1) is 11.3 Å². The van der Waals surface area contributed by atoms with Crippen molar-refractivity contribution in [3.05, 3.63) is 53.4 Å². The van der Waals surface area contributed by atoms with E-state index in [-0.39, 0.29) is 5.97 Å². The molecule has 0 bridgehead atoms. The van der Waals surface area contributed by atoms with Crippen LogP contribution in [0, 0.1) is 0 Å². The summed E-state index contributed by atoms with van der Waals surface area (Å²) in [7, 11) is 0. The Balaban J connectivity index is 2.04. The fraction of sp³-hybridized carbons (Fsp3) is 0.278. The van der Waals surface area contributed by atoms with Crippen LogP contribution in [0.25, 0.3) is 10.4 Å². The Labute approximate surface area is 130 Å². The zero-order chi connectivity index (χ0) is 15.1. The number of hydrogen-bond acceptors (Lipinski definition) is 3. The number of thiophene rings is 1. The molecule has 0 aliphatic heterocycles. The standard InChI is InChI=1S/C18H20O2S/c1-3-5-7-18(19)20-15-10-8-14(9-11-15)17-13-12-16(21-17)6-4-2/h5,7-13H,3-4,6H2,1-2H3/b7-5+. The molecule has 0 spiro atoms. The minimum Gasteiger partial charge on any atom is -0.423 e. The van der Waals surface area contributed by atoms with Crippen LogP contribution < -0.4 is 4.74 Å². The highest BCUT2D eigenvalue weighted by molar-refractivity contribution is 7.15. The zero-order valence-electron chi connectivity index (χ0n) is 12.5. The van der Waals surface area contributed by atoms with Crippen LogP contribution in [0.5, 0.6) is 5.75 Å². The highest BCUT2D eigenvalue weighted by atomic mass is 32.1. The normalized spacial score (nSPS) is 11.0. The molecule has 1 aromatic carbocycles. The molecule has 110 valence electrons. The second-order valence-electron chi connectivity index (χ2n) is 4.77. The largest absolute Gasteiger partial charge is 0.423 e. The molecule has 0 unspecified atom stereocenters. The number of benzene rings is 1. The Morgan fingerprint density at radius 2 is 1.90 bits per heavy atom. The van der Waals surface area contributed by atoms with Crippen molar-refractivity contribution in [3.63, 3.8) is 0 Å². The molecule has 1 heterocycles. The van der Waals surface area contributed by atoms with Crippen molar-refractivity contribution in [1.29, 1.82) is 0 Å². The maximum Gasteiger partial charge on any atom is 0.335 e. The molecule has 0 radical (unpaired) electrons. The number of ether oxygens (including phenoxy) is 1. The van der Waals surface area contributed by atoms with Gasteiger partial charge in [0, 0.05) is 15.8 Å². The minimum absolute atomic E-state index is 0.328. The molecule has 0 aliphatic carbocycles. The Kier molecular flexibility index (Phi) is 5.76. The van der Waals surface area contributed by atoms with Crippen LogP contribution in [0.2, 0.25) is 0 Å². The summed E-state index contributed by atoms with van der Waals surface area (Å²) >= 11 is 1.82. The molecule has 0 atom stereocenters. The average Bonchev–Trinajstić information content (AvgIpc) is 2.95. The maximum atomic E-state index is 11.5. The van der Waals surface area contributed by atoms with E-state index in [1.807, 2.05) is 42.5 Å². The quantitative estimate of drug-likeness (QED) is 0.414. The van der Waals surface area contributed by atoms with Gasteiger partial charge < -0.3 is 4.74 Å². The lowest BCUT2D eigenvalue weighted by Gasteiger charge is -2.02. The number of rotatable bonds is 6. The van der Waals surface area contributed by atoms with Crippen LogP contribution in [0.15, 0.2) is 48.6 Å². The van der Waals surface area contributed by atoms with Crippen LogP contribution in [0.3, 0.4) is 0 Å². The molecule has 21 heavy (non-hydrogen) atoms. The molecule has 1 aromatic heterocycles. The fourth-order valence-electron chi connectivity index (χ4n) is 1.97. The molecular weight excluding hydrogens is 280 g/mol. The highest BCUT2D eigenvalue weighted by Gasteiger charge is 2.04. The molecule has 0 fully saturated rings. The van der Waals surface area contributed by atoms with E-state index in [1.165, 1.54) is 22.3 Å². The van der Waals surface area contributed by atoms with Crippen molar-refractivity contribution in [3.8, 4) is 16.2 Å². The summed E-state index contributed by atoms with van der Waals surface area (Å²) in [4.78, 5) is 14.2. The number of esters is 1. The van der Waals surface area contributed by atoms with Crippen LogP contribution in [0.4, 0.5) is 0 Å². The molecule has 0 saturated heterocycles. The summed E-state index contributed by atoms with van der Waals surface area (Å²) in [6.45, 7) is 4.17. The molecule has 0 N–H and O–H groups in total. The lowest BCUT2D eigenvalue weighted by Crippen LogP contribution is -2.03. The Morgan fingerprint density at radius 3 is 2.57 bits per heavy atom. The number of aryl methyl sites for hydroxylation is 1. The van der Waals surface area contributed by atoms with Crippen molar-refractivity contribution in [2.24, 2.45) is 0 Å². The summed E-state index contributed by atoms with van der Waals surface area (Å²) in [5, 5.41) is 0. The monoisotopic (exact) mass is 300 g/mol. The molecule has 2 aromatic rings. The Hall–Kier alpha value is -1.87. The number of carbonyl (C=O) groups excluding carboxylic acids is 1. The first-order chi connectivity index (χ1) is 10.2. The number of hydrogen-bond donors (Lipinski definition) is 0. The van der Waals surface area contributed by atoms with Crippen molar-refractivity contribution in [2.45, 2.75) is 33.1 Å². The predicted octanol–water partition coefficient (Wildman–Crippen LogP) is 5.24. The molecule has 0 amide bonds. The average molecular weight is 300 g/mol. The zero-order valence-corrected chi connectivity index (χ0v) is 13.3. The van der Waals surface area contributed by atoms with E-state index in [0.717, 1.165) is 18.4 Å². The number of carbonyl (C=O) groups is 1. The molecule has 2 rings (SSSR count). The van der Waals surface area contributed by atoms with Crippen LogP contribution in [0.1, 0.15) is 31.6 Å². The van der Waals surface area contributed by atoms with Gasteiger partial charge >= 0.3 is 5.97 Å². The molecular formula is C18H20O2S. The van der Waals surface area contributed by atoms with Crippen LogP contribution in [-0.2, 0) is 11.2 Å². The van der Waals surface area contributed by atoms with E-state index < -0.39 is 0 Å². The maximum absolute atomic E-state index is 11.5. The van der Waals surface area contributed by atoms with Gasteiger partial charge in [-0.05, 0) is 54.8 Å². The smallest absolute Gasteiger partial charge is 0.335 e. The second-order valence-corrected chi connectivity index (χ2v) is 5.94. The van der Waals surface area contributed by atoms with E-state index in [2.05, 4.69) is 19.1 Å². The van der Waals surface area contributed by atoms with E-state index in [4.69, 9.17) is 4.74 Å². The SMILES string of the molecule is CC/C=C/C(=O)Oc1ccc(-c2ccc(CCC)s2)cc1. The van der Waals surface area contributed by atoms with E-state index in [1.54, 1.807) is 6.08 Å². The van der Waals surface area contributed by atoms with Gasteiger partial charge in [-0.2, -0.15) is 0 Å². The van der Waals surface area contributed by atoms with Crippen LogP contribution in [-0.4, -0.2) is 5.97 Å². The van der Waals surface area contributed by atoms with Gasteiger partial charge in [0.1, 0.15) is 5.75 Å². The summed E-state index contributed by atoms with van der Waals surface area (Å²) < 4.78 is 5.23. The first-order valence-corrected chi connectivity index (χ1v) is 8.12. The Morgan fingerprint density at radius 1 is 1.14 bits per heavy atom. The van der Waals surface area contributed by atoms with Crippen molar-refractivity contribution in [1.82, 2.24) is 0 Å². The van der Waals surface area contributed by atoms with Crippen molar-refractivity contribution < 1.29 is 9.53 Å². The predicted molar refractivity (Wildman–Crippen MR) is 88.8 cm³/mol. The van der Waals surface area contributed by atoms with Gasteiger partial charge in [-0.1, -0.05) is 26.3 Å². The summed E-state index contributed by atoms with van der Waals surface area (Å²) in [6.07, 6.45) is 6.37. The second kappa shape index (κ2) is 7.79. The third kappa shape index (κ3) is 4.57. The first-order valence-electron chi connectivity index (χ1n) is 7.30. The van der Waals surface area contributed by atoms with Gasteiger partial charge in [0.2, 0.25) is 0 Å². The van der Waals surface area contributed by atoms with E-state index >= 15 is 0 Å².